The number of piperidine rings is 1. The molecule has 0 amide bonds. The van der Waals surface area contributed by atoms with Crippen molar-refractivity contribution in [2.75, 3.05) is 13.1 Å². The van der Waals surface area contributed by atoms with E-state index < -0.39 is 0 Å². The normalized spacial score (nSPS) is 16.7. The van der Waals surface area contributed by atoms with Crippen LogP contribution in [0.1, 0.15) is 24.1 Å². The molecule has 1 aliphatic heterocycles. The number of nitrogens with zero attached hydrogens (tertiary/aromatic N) is 1. The largest absolute Gasteiger partial charge is 0.373 e. The first-order valence-corrected chi connectivity index (χ1v) is 8.81. The fourth-order valence-corrected chi connectivity index (χ4v) is 3.48. The number of ether oxygens (including phenoxy) is 1. The summed E-state index contributed by atoms with van der Waals surface area (Å²) in [6.45, 7) is 3.94. The van der Waals surface area contributed by atoms with Crippen LogP contribution in [0.15, 0.2) is 60.7 Å². The third-order valence-electron chi connectivity index (χ3n) is 4.84. The number of hydrogen-bond donors (Lipinski definition) is 1. The van der Waals surface area contributed by atoms with E-state index in [0.29, 0.717) is 6.10 Å². The molecule has 2 aromatic carbocycles. The zero-order chi connectivity index (χ0) is 16.2. The fourth-order valence-electron chi connectivity index (χ4n) is 3.48. The summed E-state index contributed by atoms with van der Waals surface area (Å²) in [5, 5.41) is 1.30. The average molecular weight is 320 g/mol. The molecule has 0 aliphatic carbocycles. The van der Waals surface area contributed by atoms with Gasteiger partial charge in [0.05, 0.1) is 12.7 Å². The molecule has 1 N–H and O–H groups in total. The van der Waals surface area contributed by atoms with Gasteiger partial charge in [-0.2, -0.15) is 0 Å². The van der Waals surface area contributed by atoms with Crippen LogP contribution in [0.25, 0.3) is 10.9 Å². The smallest absolute Gasteiger partial charge is 0.0720 e. The van der Waals surface area contributed by atoms with Crippen molar-refractivity contribution in [2.45, 2.75) is 32.1 Å². The van der Waals surface area contributed by atoms with Crippen LogP contribution in [0.3, 0.4) is 0 Å². The molecule has 0 saturated carbocycles. The molecule has 3 aromatic rings. The topological polar surface area (TPSA) is 28.3 Å². The van der Waals surface area contributed by atoms with Crippen molar-refractivity contribution in [3.8, 4) is 0 Å². The molecule has 0 unspecified atom stereocenters. The van der Waals surface area contributed by atoms with Gasteiger partial charge in [-0.05, 0) is 35.9 Å². The summed E-state index contributed by atoms with van der Waals surface area (Å²) in [5.41, 5.74) is 3.80. The van der Waals surface area contributed by atoms with Crippen LogP contribution in [-0.2, 0) is 17.9 Å². The Morgan fingerprint density at radius 1 is 0.958 bits per heavy atom. The Kier molecular flexibility index (Phi) is 4.63. The second-order valence-electron chi connectivity index (χ2n) is 6.65. The Morgan fingerprint density at radius 2 is 1.71 bits per heavy atom. The first kappa shape index (κ1) is 15.4. The van der Waals surface area contributed by atoms with Gasteiger partial charge >= 0.3 is 0 Å². The zero-order valence-electron chi connectivity index (χ0n) is 13.9. The van der Waals surface area contributed by atoms with Crippen LogP contribution >= 0.6 is 0 Å². The van der Waals surface area contributed by atoms with Crippen molar-refractivity contribution >= 4 is 10.9 Å². The molecule has 1 aliphatic rings. The van der Waals surface area contributed by atoms with Crippen LogP contribution in [0, 0.1) is 0 Å². The van der Waals surface area contributed by atoms with Crippen molar-refractivity contribution in [2.24, 2.45) is 0 Å². The fraction of sp³-hybridized carbons (Fsp3) is 0.333. The Bertz CT molecular complexity index is 740. The Balaban J connectivity index is 1.27. The second-order valence-corrected chi connectivity index (χ2v) is 6.65. The highest BCUT2D eigenvalue weighted by Crippen LogP contribution is 2.20. The number of H-pyrrole nitrogens is 1. The molecule has 124 valence electrons. The number of aromatic nitrogens is 1. The van der Waals surface area contributed by atoms with E-state index in [-0.39, 0.29) is 0 Å². The van der Waals surface area contributed by atoms with Gasteiger partial charge in [0.1, 0.15) is 0 Å². The molecule has 0 atom stereocenters. The molecule has 3 heteroatoms. The Hall–Kier alpha value is -2.10. The molecule has 1 aromatic heterocycles. The standard InChI is InChI=1S/C21H24N2O/c1-2-6-17(7-3-1)16-24-20-10-12-23(13-11-20)15-19-14-18-8-4-5-9-21(18)22-19/h1-9,14,20,22H,10-13,15-16H2. The molecule has 24 heavy (non-hydrogen) atoms. The Labute approximate surface area is 143 Å². The number of hydrogen-bond acceptors (Lipinski definition) is 2. The van der Waals surface area contributed by atoms with E-state index in [1.165, 1.54) is 22.2 Å². The average Bonchev–Trinajstić information content (AvgIpc) is 3.04. The first-order valence-electron chi connectivity index (χ1n) is 8.81. The molecule has 0 spiro atoms. The minimum Gasteiger partial charge on any atom is -0.373 e. The number of likely N-dealkylation sites (tertiary alicyclic amines) is 1. The molecule has 0 bridgehead atoms. The van der Waals surface area contributed by atoms with Crippen molar-refractivity contribution in [3.05, 3.63) is 71.9 Å². The number of rotatable bonds is 5. The van der Waals surface area contributed by atoms with Gasteiger partial charge in [0.25, 0.3) is 0 Å². The predicted octanol–water partition coefficient (Wildman–Crippen LogP) is 4.35. The van der Waals surface area contributed by atoms with E-state index in [4.69, 9.17) is 4.74 Å². The van der Waals surface area contributed by atoms with E-state index in [1.807, 2.05) is 6.07 Å². The van der Waals surface area contributed by atoms with Crippen molar-refractivity contribution in [1.82, 2.24) is 9.88 Å². The summed E-state index contributed by atoms with van der Waals surface area (Å²) < 4.78 is 6.08. The lowest BCUT2D eigenvalue weighted by atomic mass is 10.1. The third kappa shape index (κ3) is 3.69. The zero-order valence-corrected chi connectivity index (χ0v) is 13.9. The minimum atomic E-state index is 0.393. The summed E-state index contributed by atoms with van der Waals surface area (Å²) in [4.78, 5) is 6.05. The second kappa shape index (κ2) is 7.20. The number of aromatic amines is 1. The lowest BCUT2D eigenvalue weighted by Crippen LogP contribution is -2.36. The summed E-state index contributed by atoms with van der Waals surface area (Å²) >= 11 is 0. The number of fused-ring (bicyclic) bond motifs is 1. The lowest BCUT2D eigenvalue weighted by Gasteiger charge is -2.31. The maximum atomic E-state index is 6.08. The Morgan fingerprint density at radius 3 is 2.50 bits per heavy atom. The highest BCUT2D eigenvalue weighted by atomic mass is 16.5. The van der Waals surface area contributed by atoms with Gasteiger partial charge in [0.15, 0.2) is 0 Å². The van der Waals surface area contributed by atoms with Crippen molar-refractivity contribution < 1.29 is 4.74 Å². The summed E-state index contributed by atoms with van der Waals surface area (Å²) in [6, 6.07) is 21.2. The SMILES string of the molecule is c1ccc(COC2CCN(Cc3cc4ccccc4[nH]3)CC2)cc1. The summed E-state index contributed by atoms with van der Waals surface area (Å²) in [6.07, 6.45) is 2.63. The van der Waals surface area contributed by atoms with Crippen LogP contribution < -0.4 is 0 Å². The van der Waals surface area contributed by atoms with Gasteiger partial charge in [-0.25, -0.2) is 0 Å². The number of nitrogens with one attached hydrogen (secondary N) is 1. The molecule has 4 rings (SSSR count). The molecule has 3 nitrogen and oxygen atoms in total. The quantitative estimate of drug-likeness (QED) is 0.757. The molecular weight excluding hydrogens is 296 g/mol. The molecule has 2 heterocycles. The number of benzene rings is 2. The van der Waals surface area contributed by atoms with E-state index in [0.717, 1.165) is 39.1 Å². The molecule has 1 fully saturated rings. The van der Waals surface area contributed by atoms with Crippen molar-refractivity contribution in [1.29, 1.82) is 0 Å². The maximum Gasteiger partial charge on any atom is 0.0720 e. The van der Waals surface area contributed by atoms with Crippen molar-refractivity contribution in [3.63, 3.8) is 0 Å². The van der Waals surface area contributed by atoms with Gasteiger partial charge < -0.3 is 9.72 Å². The lowest BCUT2D eigenvalue weighted by molar-refractivity contribution is -0.00411. The predicted molar refractivity (Wildman–Crippen MR) is 97.8 cm³/mol. The molecule has 0 radical (unpaired) electrons. The van der Waals surface area contributed by atoms with Crippen LogP contribution in [0.5, 0.6) is 0 Å². The highest BCUT2D eigenvalue weighted by molar-refractivity contribution is 5.80. The van der Waals surface area contributed by atoms with Crippen LogP contribution in [-0.4, -0.2) is 29.1 Å². The number of para-hydroxylation sites is 1. The van der Waals surface area contributed by atoms with Gasteiger partial charge in [0, 0.05) is 30.8 Å². The minimum absolute atomic E-state index is 0.393. The molecular formula is C21H24N2O. The van der Waals surface area contributed by atoms with Crippen LogP contribution in [0.4, 0.5) is 0 Å². The maximum absolute atomic E-state index is 6.08. The summed E-state index contributed by atoms with van der Waals surface area (Å²) in [5.74, 6) is 0. The van der Waals surface area contributed by atoms with Crippen LogP contribution in [0.2, 0.25) is 0 Å². The third-order valence-corrected chi connectivity index (χ3v) is 4.84. The van der Waals surface area contributed by atoms with E-state index in [1.54, 1.807) is 0 Å². The highest BCUT2D eigenvalue weighted by Gasteiger charge is 2.20. The van der Waals surface area contributed by atoms with E-state index >= 15 is 0 Å². The van der Waals surface area contributed by atoms with Gasteiger partial charge in [-0.3, -0.25) is 4.90 Å². The van der Waals surface area contributed by atoms with E-state index in [9.17, 15) is 0 Å². The molecule has 1 saturated heterocycles. The van der Waals surface area contributed by atoms with Gasteiger partial charge in [0.2, 0.25) is 0 Å². The summed E-state index contributed by atoms with van der Waals surface area (Å²) in [7, 11) is 0. The first-order chi connectivity index (χ1) is 11.9. The van der Waals surface area contributed by atoms with Gasteiger partial charge in [-0.1, -0.05) is 48.5 Å². The van der Waals surface area contributed by atoms with Gasteiger partial charge in [-0.15, -0.1) is 0 Å². The van der Waals surface area contributed by atoms with E-state index in [2.05, 4.69) is 64.5 Å². The monoisotopic (exact) mass is 320 g/mol.